The molecule has 1 aromatic heterocycles. The van der Waals surface area contributed by atoms with E-state index in [1.807, 2.05) is 66.7 Å². The Hall–Kier alpha value is -3.18. The summed E-state index contributed by atoms with van der Waals surface area (Å²) in [6, 6.07) is 21.4. The monoisotopic (exact) mass is 416 g/mol. The molecular weight excluding hydrogens is 396 g/mol. The van der Waals surface area contributed by atoms with Gasteiger partial charge in [0.15, 0.2) is 11.5 Å². The van der Waals surface area contributed by atoms with Crippen molar-refractivity contribution in [3.8, 4) is 11.1 Å². The first-order valence-electron chi connectivity index (χ1n) is 10.0. The lowest BCUT2D eigenvalue weighted by molar-refractivity contribution is -0.132. The molecule has 1 amide bonds. The Morgan fingerprint density at radius 1 is 1.03 bits per heavy atom. The van der Waals surface area contributed by atoms with Gasteiger partial charge in [0, 0.05) is 11.2 Å². The fourth-order valence-corrected chi connectivity index (χ4v) is 4.39. The van der Waals surface area contributed by atoms with E-state index >= 15 is 0 Å². The van der Waals surface area contributed by atoms with Crippen LogP contribution in [0.25, 0.3) is 11.1 Å². The maximum absolute atomic E-state index is 13.7. The predicted octanol–water partition coefficient (Wildman–Crippen LogP) is 4.36. The van der Waals surface area contributed by atoms with Crippen molar-refractivity contribution in [2.45, 2.75) is 24.9 Å². The van der Waals surface area contributed by atoms with Gasteiger partial charge in [-0.1, -0.05) is 48.0 Å². The number of pyridine rings is 1. The summed E-state index contributed by atoms with van der Waals surface area (Å²) in [4.78, 5) is 24.4. The molecule has 0 bridgehead atoms. The number of aliphatic imine (C=N–C) groups is 1. The van der Waals surface area contributed by atoms with Crippen LogP contribution in [0.4, 0.5) is 0 Å². The summed E-state index contributed by atoms with van der Waals surface area (Å²) in [6.07, 6.45) is 3.63. The number of hydrogen-bond acceptors (Lipinski definition) is 4. The van der Waals surface area contributed by atoms with Gasteiger partial charge in [-0.25, -0.2) is 4.99 Å². The Bertz CT molecular complexity index is 1140. The molecule has 150 valence electrons. The quantitative estimate of drug-likeness (QED) is 0.671. The molecule has 2 aliphatic rings. The third-order valence-corrected chi connectivity index (χ3v) is 6.05. The van der Waals surface area contributed by atoms with Crippen LogP contribution in [0.5, 0.6) is 0 Å². The molecule has 2 N–H and O–H groups in total. The smallest absolute Gasteiger partial charge is 0.262 e. The van der Waals surface area contributed by atoms with E-state index in [-0.39, 0.29) is 17.8 Å². The van der Waals surface area contributed by atoms with Crippen molar-refractivity contribution < 1.29 is 4.79 Å². The molecule has 1 atom stereocenters. The van der Waals surface area contributed by atoms with E-state index in [2.05, 4.69) is 4.98 Å². The van der Waals surface area contributed by atoms with Crippen molar-refractivity contribution in [2.75, 3.05) is 0 Å². The molecule has 30 heavy (non-hydrogen) atoms. The normalized spacial score (nSPS) is 21.0. The minimum Gasteiger partial charge on any atom is -0.369 e. The van der Waals surface area contributed by atoms with Gasteiger partial charge in [-0.3, -0.25) is 14.7 Å². The molecule has 5 rings (SSSR count). The number of aromatic nitrogens is 1. The van der Waals surface area contributed by atoms with E-state index in [4.69, 9.17) is 22.3 Å². The Kier molecular flexibility index (Phi) is 4.55. The van der Waals surface area contributed by atoms with Crippen LogP contribution in [0, 0.1) is 5.92 Å². The highest BCUT2D eigenvalue weighted by atomic mass is 35.5. The standard InChI is InChI=1S/C24H21ClN4O/c25-20-8-4-6-17(14-20)16-5-3-7-19(13-16)24(18-10-11-18)22(30)29(23(26)28-24)15-21-9-1-2-12-27-21/h1-9,12-14,18H,10-11,15H2,(H2,26,28). The number of halogens is 1. The molecular formula is C24H21ClN4O. The molecule has 1 aliphatic heterocycles. The van der Waals surface area contributed by atoms with Crippen LogP contribution >= 0.6 is 11.6 Å². The molecule has 2 aromatic carbocycles. The average molecular weight is 417 g/mol. The molecule has 5 nitrogen and oxygen atoms in total. The van der Waals surface area contributed by atoms with Crippen LogP contribution < -0.4 is 5.73 Å². The van der Waals surface area contributed by atoms with Crippen LogP contribution in [-0.2, 0) is 16.9 Å². The van der Waals surface area contributed by atoms with E-state index in [0.29, 0.717) is 11.6 Å². The lowest BCUT2D eigenvalue weighted by Crippen LogP contribution is -2.43. The summed E-state index contributed by atoms with van der Waals surface area (Å²) < 4.78 is 0. The summed E-state index contributed by atoms with van der Waals surface area (Å²) in [5.74, 6) is 0.342. The van der Waals surface area contributed by atoms with E-state index in [0.717, 1.165) is 35.2 Å². The number of nitrogens with two attached hydrogens (primary N) is 1. The van der Waals surface area contributed by atoms with Crippen molar-refractivity contribution in [1.82, 2.24) is 9.88 Å². The van der Waals surface area contributed by atoms with Gasteiger partial charge in [-0.2, -0.15) is 0 Å². The minimum atomic E-state index is -0.965. The Morgan fingerprint density at radius 3 is 2.50 bits per heavy atom. The predicted molar refractivity (Wildman–Crippen MR) is 118 cm³/mol. The number of amides is 1. The Morgan fingerprint density at radius 2 is 1.80 bits per heavy atom. The summed E-state index contributed by atoms with van der Waals surface area (Å²) in [5, 5.41) is 0.676. The van der Waals surface area contributed by atoms with Crippen molar-refractivity contribution >= 4 is 23.5 Å². The number of carbonyl (C=O) groups excluding carboxylic acids is 1. The zero-order valence-electron chi connectivity index (χ0n) is 16.3. The molecule has 3 aromatic rings. The summed E-state index contributed by atoms with van der Waals surface area (Å²) >= 11 is 6.18. The van der Waals surface area contributed by atoms with Crippen LogP contribution in [0.3, 0.4) is 0 Å². The van der Waals surface area contributed by atoms with Gasteiger partial charge in [0.05, 0.1) is 12.2 Å². The van der Waals surface area contributed by atoms with Crippen LogP contribution in [0.2, 0.25) is 5.02 Å². The zero-order chi connectivity index (χ0) is 20.7. The van der Waals surface area contributed by atoms with Crippen molar-refractivity contribution in [2.24, 2.45) is 16.6 Å². The van der Waals surface area contributed by atoms with Crippen molar-refractivity contribution in [1.29, 1.82) is 0 Å². The second-order valence-electron chi connectivity index (χ2n) is 7.81. The zero-order valence-corrected chi connectivity index (χ0v) is 17.1. The Balaban J connectivity index is 1.55. The molecule has 0 saturated heterocycles. The Labute approximate surface area is 180 Å². The van der Waals surface area contributed by atoms with E-state index in [1.54, 1.807) is 11.1 Å². The maximum Gasteiger partial charge on any atom is 0.262 e. The highest BCUT2D eigenvalue weighted by Gasteiger charge is 2.58. The van der Waals surface area contributed by atoms with Gasteiger partial charge in [0.25, 0.3) is 5.91 Å². The van der Waals surface area contributed by atoms with E-state index in [1.165, 1.54) is 0 Å². The van der Waals surface area contributed by atoms with E-state index in [9.17, 15) is 4.79 Å². The summed E-state index contributed by atoms with van der Waals surface area (Å²) in [7, 11) is 0. The SMILES string of the molecule is NC1=NC(c2cccc(-c3cccc(Cl)c3)c2)(C2CC2)C(=O)N1Cc1ccccn1. The third-order valence-electron chi connectivity index (χ3n) is 5.81. The summed E-state index contributed by atoms with van der Waals surface area (Å²) in [5.41, 5.74) is 8.97. The highest BCUT2D eigenvalue weighted by molar-refractivity contribution is 6.30. The molecule has 1 unspecified atom stereocenters. The average Bonchev–Trinajstić information content (AvgIpc) is 3.58. The number of benzene rings is 2. The topological polar surface area (TPSA) is 71.6 Å². The first-order chi connectivity index (χ1) is 14.6. The number of nitrogens with zero attached hydrogens (tertiary/aromatic N) is 3. The summed E-state index contributed by atoms with van der Waals surface area (Å²) in [6.45, 7) is 0.317. The third kappa shape index (κ3) is 3.15. The maximum atomic E-state index is 13.7. The molecule has 2 heterocycles. The van der Waals surface area contributed by atoms with Gasteiger partial charge >= 0.3 is 0 Å². The van der Waals surface area contributed by atoms with Gasteiger partial charge in [0.2, 0.25) is 0 Å². The molecule has 0 spiro atoms. The second-order valence-corrected chi connectivity index (χ2v) is 8.25. The molecule has 1 fully saturated rings. The molecule has 0 radical (unpaired) electrons. The number of hydrogen-bond donors (Lipinski definition) is 1. The van der Waals surface area contributed by atoms with Crippen molar-refractivity contribution in [3.05, 3.63) is 89.2 Å². The van der Waals surface area contributed by atoms with Gasteiger partial charge in [-0.05, 0) is 65.8 Å². The molecule has 1 aliphatic carbocycles. The number of carbonyl (C=O) groups is 1. The van der Waals surface area contributed by atoms with Crippen LogP contribution in [-0.4, -0.2) is 21.8 Å². The highest BCUT2D eigenvalue weighted by Crippen LogP contribution is 2.52. The number of rotatable bonds is 5. The van der Waals surface area contributed by atoms with E-state index < -0.39 is 5.54 Å². The molecule has 6 heteroatoms. The van der Waals surface area contributed by atoms with Crippen molar-refractivity contribution in [3.63, 3.8) is 0 Å². The largest absolute Gasteiger partial charge is 0.369 e. The number of guanidine groups is 1. The van der Waals surface area contributed by atoms with Gasteiger partial charge in [0.1, 0.15) is 0 Å². The molecule has 1 saturated carbocycles. The second kappa shape index (κ2) is 7.26. The lowest BCUT2D eigenvalue weighted by atomic mass is 9.83. The lowest BCUT2D eigenvalue weighted by Gasteiger charge is -2.27. The fourth-order valence-electron chi connectivity index (χ4n) is 4.20. The first-order valence-corrected chi connectivity index (χ1v) is 10.4. The minimum absolute atomic E-state index is 0.0728. The van der Waals surface area contributed by atoms with Gasteiger partial charge in [-0.15, -0.1) is 0 Å². The van der Waals surface area contributed by atoms with Gasteiger partial charge < -0.3 is 5.73 Å². The van der Waals surface area contributed by atoms with Crippen LogP contribution in [0.1, 0.15) is 24.1 Å². The first kappa shape index (κ1) is 18.8. The van der Waals surface area contributed by atoms with Crippen LogP contribution in [0.15, 0.2) is 77.9 Å². The fraction of sp³-hybridized carbons (Fsp3) is 0.208.